The minimum Gasteiger partial charge on any atom is -0.457 e. The van der Waals surface area contributed by atoms with E-state index in [1.165, 1.54) is 0 Å². The molecule has 6 heteroatoms. The molecule has 3 aromatic rings. The molecular formula is C23H24N4O2. The molecule has 2 aromatic carbocycles. The molecule has 1 N–H and O–H groups in total. The lowest BCUT2D eigenvalue weighted by molar-refractivity contribution is 0.102. The predicted molar refractivity (Wildman–Crippen MR) is 115 cm³/mol. The van der Waals surface area contributed by atoms with Gasteiger partial charge in [-0.25, -0.2) is 4.98 Å². The number of carbonyl (C=O) groups excluding carboxylic acids is 1. The number of hydrogen-bond donors (Lipinski definition) is 1. The molecule has 0 saturated carbocycles. The van der Waals surface area contributed by atoms with Crippen LogP contribution < -0.4 is 15.0 Å². The van der Waals surface area contributed by atoms with Crippen molar-refractivity contribution in [2.24, 2.45) is 0 Å². The summed E-state index contributed by atoms with van der Waals surface area (Å²) >= 11 is 0. The molecule has 0 bridgehead atoms. The summed E-state index contributed by atoms with van der Waals surface area (Å²) in [5.74, 6) is 1.90. The Labute approximate surface area is 170 Å². The lowest BCUT2D eigenvalue weighted by Gasteiger charge is -2.33. The molecule has 1 aliphatic heterocycles. The lowest BCUT2D eigenvalue weighted by atomic mass is 10.2. The minimum absolute atomic E-state index is 0.231. The minimum atomic E-state index is -0.231. The van der Waals surface area contributed by atoms with Crippen LogP contribution in [0.15, 0.2) is 72.9 Å². The highest BCUT2D eigenvalue weighted by Crippen LogP contribution is 2.26. The number of hydrogen-bond acceptors (Lipinski definition) is 5. The monoisotopic (exact) mass is 388 g/mol. The van der Waals surface area contributed by atoms with E-state index < -0.39 is 0 Å². The van der Waals surface area contributed by atoms with Crippen LogP contribution in [-0.4, -0.2) is 49.0 Å². The van der Waals surface area contributed by atoms with Gasteiger partial charge in [-0.2, -0.15) is 0 Å². The highest BCUT2D eigenvalue weighted by molar-refractivity contribution is 6.06. The van der Waals surface area contributed by atoms with Crippen molar-refractivity contribution in [3.8, 4) is 11.5 Å². The number of benzene rings is 2. The molecule has 0 unspecified atom stereocenters. The van der Waals surface area contributed by atoms with Gasteiger partial charge in [0, 0.05) is 26.2 Å². The van der Waals surface area contributed by atoms with Crippen molar-refractivity contribution in [1.82, 2.24) is 9.88 Å². The normalized spacial score (nSPS) is 14.4. The van der Waals surface area contributed by atoms with Crippen molar-refractivity contribution in [2.75, 3.05) is 43.4 Å². The Kier molecular flexibility index (Phi) is 5.72. The first-order chi connectivity index (χ1) is 14.2. The largest absolute Gasteiger partial charge is 0.457 e. The molecule has 0 atom stereocenters. The van der Waals surface area contributed by atoms with Gasteiger partial charge in [-0.1, -0.05) is 30.3 Å². The highest BCUT2D eigenvalue weighted by Gasteiger charge is 2.16. The van der Waals surface area contributed by atoms with Crippen LogP contribution in [0.25, 0.3) is 0 Å². The van der Waals surface area contributed by atoms with Gasteiger partial charge in [0.1, 0.15) is 17.3 Å². The first-order valence-corrected chi connectivity index (χ1v) is 9.72. The van der Waals surface area contributed by atoms with Gasteiger partial charge < -0.3 is 19.9 Å². The number of nitrogens with one attached hydrogen (secondary N) is 1. The van der Waals surface area contributed by atoms with E-state index in [9.17, 15) is 4.79 Å². The predicted octanol–water partition coefficient (Wildman–Crippen LogP) is 3.88. The number of ether oxygens (including phenoxy) is 1. The number of carbonyl (C=O) groups is 1. The van der Waals surface area contributed by atoms with Gasteiger partial charge in [0.2, 0.25) is 0 Å². The SMILES string of the molecule is CN1CCN(c2ccc(NC(=O)c3ccccc3Oc3ccccc3)cn2)CC1. The zero-order valence-corrected chi connectivity index (χ0v) is 16.4. The summed E-state index contributed by atoms with van der Waals surface area (Å²) in [6.07, 6.45) is 1.70. The molecule has 1 amide bonds. The van der Waals surface area contributed by atoms with E-state index in [0.29, 0.717) is 22.7 Å². The number of pyridine rings is 1. The van der Waals surface area contributed by atoms with E-state index in [2.05, 4.69) is 27.1 Å². The molecule has 1 fully saturated rings. The van der Waals surface area contributed by atoms with Crippen LogP contribution in [0.1, 0.15) is 10.4 Å². The smallest absolute Gasteiger partial charge is 0.259 e. The van der Waals surface area contributed by atoms with E-state index in [4.69, 9.17) is 4.74 Å². The standard InChI is InChI=1S/C23H24N4O2/c1-26-13-15-27(16-14-26)22-12-11-18(17-24-22)25-23(28)20-9-5-6-10-21(20)29-19-7-3-2-4-8-19/h2-12,17H,13-16H2,1H3,(H,25,28). The Morgan fingerprint density at radius 3 is 2.38 bits per heavy atom. The Bertz CT molecular complexity index is 952. The summed E-state index contributed by atoms with van der Waals surface area (Å²) in [5.41, 5.74) is 1.13. The summed E-state index contributed by atoms with van der Waals surface area (Å²) < 4.78 is 5.89. The third-order valence-electron chi connectivity index (χ3n) is 4.94. The number of anilines is 2. The maximum atomic E-state index is 12.8. The van der Waals surface area contributed by atoms with Crippen molar-refractivity contribution in [2.45, 2.75) is 0 Å². The quantitative estimate of drug-likeness (QED) is 0.719. The van der Waals surface area contributed by atoms with E-state index in [0.717, 1.165) is 32.0 Å². The van der Waals surface area contributed by atoms with Crippen molar-refractivity contribution in [3.05, 3.63) is 78.5 Å². The first kappa shape index (κ1) is 19.0. The van der Waals surface area contributed by atoms with E-state index in [1.54, 1.807) is 18.3 Å². The van der Waals surface area contributed by atoms with Crippen LogP contribution in [0.4, 0.5) is 11.5 Å². The molecule has 1 aromatic heterocycles. The molecule has 0 radical (unpaired) electrons. The Morgan fingerprint density at radius 1 is 0.931 bits per heavy atom. The highest BCUT2D eigenvalue weighted by atomic mass is 16.5. The van der Waals surface area contributed by atoms with Gasteiger partial charge in [-0.05, 0) is 43.4 Å². The van der Waals surface area contributed by atoms with Gasteiger partial charge in [0.15, 0.2) is 0 Å². The number of piperazine rings is 1. The molecule has 4 rings (SSSR count). The van der Waals surface area contributed by atoms with Crippen molar-refractivity contribution in [1.29, 1.82) is 0 Å². The fourth-order valence-electron chi connectivity index (χ4n) is 3.24. The van der Waals surface area contributed by atoms with Gasteiger partial charge >= 0.3 is 0 Å². The summed E-state index contributed by atoms with van der Waals surface area (Å²) in [4.78, 5) is 21.9. The van der Waals surface area contributed by atoms with Crippen LogP contribution in [-0.2, 0) is 0 Å². The van der Waals surface area contributed by atoms with Gasteiger partial charge in [-0.15, -0.1) is 0 Å². The molecule has 6 nitrogen and oxygen atoms in total. The Morgan fingerprint density at radius 2 is 1.66 bits per heavy atom. The zero-order chi connectivity index (χ0) is 20.1. The molecular weight excluding hydrogens is 364 g/mol. The number of likely N-dealkylation sites (N-methyl/N-ethyl adjacent to an activating group) is 1. The van der Waals surface area contributed by atoms with Gasteiger partial charge in [-0.3, -0.25) is 4.79 Å². The summed E-state index contributed by atoms with van der Waals surface area (Å²) in [6, 6.07) is 20.5. The average molecular weight is 388 g/mol. The number of nitrogens with zero attached hydrogens (tertiary/aromatic N) is 3. The molecule has 0 spiro atoms. The van der Waals surface area contributed by atoms with Crippen LogP contribution in [0.5, 0.6) is 11.5 Å². The second-order valence-electron chi connectivity index (χ2n) is 7.06. The summed E-state index contributed by atoms with van der Waals surface area (Å²) in [6.45, 7) is 3.97. The van der Waals surface area contributed by atoms with Crippen LogP contribution >= 0.6 is 0 Å². The molecule has 0 aliphatic carbocycles. The number of aromatic nitrogens is 1. The number of rotatable bonds is 5. The lowest BCUT2D eigenvalue weighted by Crippen LogP contribution is -2.44. The maximum absolute atomic E-state index is 12.8. The maximum Gasteiger partial charge on any atom is 0.259 e. The molecule has 1 saturated heterocycles. The van der Waals surface area contributed by atoms with Gasteiger partial charge in [0.05, 0.1) is 17.4 Å². The van der Waals surface area contributed by atoms with Crippen molar-refractivity contribution < 1.29 is 9.53 Å². The van der Waals surface area contributed by atoms with Crippen LogP contribution in [0.2, 0.25) is 0 Å². The molecule has 2 heterocycles. The van der Waals surface area contributed by atoms with Gasteiger partial charge in [0.25, 0.3) is 5.91 Å². The van der Waals surface area contributed by atoms with E-state index >= 15 is 0 Å². The summed E-state index contributed by atoms with van der Waals surface area (Å²) in [5, 5.41) is 2.91. The molecule has 29 heavy (non-hydrogen) atoms. The van der Waals surface area contributed by atoms with Crippen LogP contribution in [0.3, 0.4) is 0 Å². The fourth-order valence-corrected chi connectivity index (χ4v) is 3.24. The second kappa shape index (κ2) is 8.75. The fraction of sp³-hybridized carbons (Fsp3) is 0.217. The average Bonchev–Trinajstić information content (AvgIpc) is 2.76. The van der Waals surface area contributed by atoms with E-state index in [-0.39, 0.29) is 5.91 Å². The van der Waals surface area contributed by atoms with Crippen molar-refractivity contribution in [3.63, 3.8) is 0 Å². The zero-order valence-electron chi connectivity index (χ0n) is 16.4. The van der Waals surface area contributed by atoms with Crippen molar-refractivity contribution >= 4 is 17.4 Å². The summed E-state index contributed by atoms with van der Waals surface area (Å²) in [7, 11) is 2.13. The van der Waals surface area contributed by atoms with E-state index in [1.807, 2.05) is 54.6 Å². The molecule has 148 valence electrons. The topological polar surface area (TPSA) is 57.7 Å². The van der Waals surface area contributed by atoms with Crippen LogP contribution in [0, 0.1) is 0 Å². The second-order valence-corrected chi connectivity index (χ2v) is 7.06. The molecule has 1 aliphatic rings. The third-order valence-corrected chi connectivity index (χ3v) is 4.94. The first-order valence-electron chi connectivity index (χ1n) is 9.72. The Hall–Kier alpha value is -3.38. The third kappa shape index (κ3) is 4.73. The number of para-hydroxylation sites is 2. The Balaban J connectivity index is 1.44. The number of amides is 1.